The van der Waals surface area contributed by atoms with E-state index in [1.165, 1.54) is 91.2 Å². The summed E-state index contributed by atoms with van der Waals surface area (Å²) in [6, 6.07) is 17.6. The molecular formula is C25H28FN3O6S2. The largest absolute Gasteiger partial charge is 0.492 e. The molecule has 0 saturated heterocycles. The van der Waals surface area contributed by atoms with Gasteiger partial charge in [-0.2, -0.15) is 0 Å². The fourth-order valence-electron chi connectivity index (χ4n) is 3.29. The minimum absolute atomic E-state index is 0.0179. The maximum Gasteiger partial charge on any atom is 0.251 e. The van der Waals surface area contributed by atoms with E-state index in [1.54, 1.807) is 0 Å². The van der Waals surface area contributed by atoms with Crippen molar-refractivity contribution < 1.29 is 30.8 Å². The quantitative estimate of drug-likeness (QED) is 0.368. The lowest BCUT2D eigenvalue weighted by molar-refractivity contribution is 0.0947. The molecule has 0 aromatic heterocycles. The third-order valence-corrected chi connectivity index (χ3v) is 8.29. The number of hydrogen-bond acceptors (Lipinski definition) is 6. The average Bonchev–Trinajstić information content (AvgIpc) is 2.85. The number of hydrogen-bond donors (Lipinski definition) is 1. The summed E-state index contributed by atoms with van der Waals surface area (Å²) in [6.07, 6.45) is 1.08. The van der Waals surface area contributed by atoms with Gasteiger partial charge in [-0.05, 0) is 66.2 Å². The number of anilines is 1. The SMILES string of the molecule is CN(C)S(=O)(=O)c1ccc(OCCNC(=O)c2ccc(N(Cc3ccc(F)cc3)S(C)(=O)=O)cc2)cc1. The van der Waals surface area contributed by atoms with E-state index in [2.05, 4.69) is 5.32 Å². The van der Waals surface area contributed by atoms with Gasteiger partial charge in [0.25, 0.3) is 5.91 Å². The van der Waals surface area contributed by atoms with Gasteiger partial charge in [-0.3, -0.25) is 9.10 Å². The molecule has 0 heterocycles. The van der Waals surface area contributed by atoms with Crippen molar-refractivity contribution in [2.24, 2.45) is 0 Å². The van der Waals surface area contributed by atoms with Crippen molar-refractivity contribution in [2.45, 2.75) is 11.4 Å². The Morgan fingerprint density at radius 1 is 0.892 bits per heavy atom. The van der Waals surface area contributed by atoms with Crippen LogP contribution in [0.4, 0.5) is 10.1 Å². The van der Waals surface area contributed by atoms with Gasteiger partial charge >= 0.3 is 0 Å². The predicted molar refractivity (Wildman–Crippen MR) is 139 cm³/mol. The molecule has 9 nitrogen and oxygen atoms in total. The highest BCUT2D eigenvalue weighted by atomic mass is 32.2. The van der Waals surface area contributed by atoms with Crippen LogP contribution in [0.2, 0.25) is 0 Å². The number of halogens is 1. The van der Waals surface area contributed by atoms with Crippen LogP contribution in [-0.2, 0) is 26.6 Å². The molecule has 0 aliphatic heterocycles. The van der Waals surface area contributed by atoms with Crippen LogP contribution in [-0.4, -0.2) is 60.6 Å². The molecule has 198 valence electrons. The molecule has 1 amide bonds. The second-order valence-corrected chi connectivity index (χ2v) is 12.4. The highest BCUT2D eigenvalue weighted by Crippen LogP contribution is 2.22. The Labute approximate surface area is 216 Å². The Kier molecular flexibility index (Phi) is 8.89. The first-order valence-corrected chi connectivity index (χ1v) is 14.4. The highest BCUT2D eigenvalue weighted by Gasteiger charge is 2.19. The summed E-state index contributed by atoms with van der Waals surface area (Å²) < 4.78 is 69.9. The lowest BCUT2D eigenvalue weighted by Gasteiger charge is -2.22. The summed E-state index contributed by atoms with van der Waals surface area (Å²) in [7, 11) is -4.26. The first-order valence-electron chi connectivity index (χ1n) is 11.1. The Balaban J connectivity index is 1.55. The van der Waals surface area contributed by atoms with Gasteiger partial charge in [-0.15, -0.1) is 0 Å². The van der Waals surface area contributed by atoms with Crippen LogP contribution in [0.1, 0.15) is 15.9 Å². The van der Waals surface area contributed by atoms with Crippen LogP contribution in [0.15, 0.2) is 77.7 Å². The summed E-state index contributed by atoms with van der Waals surface area (Å²) in [5, 5.41) is 2.71. The van der Waals surface area contributed by atoms with Crippen LogP contribution in [0.25, 0.3) is 0 Å². The first-order chi connectivity index (χ1) is 17.4. The maximum absolute atomic E-state index is 13.2. The van der Waals surface area contributed by atoms with Crippen molar-refractivity contribution in [3.05, 3.63) is 89.7 Å². The van der Waals surface area contributed by atoms with E-state index in [-0.39, 0.29) is 30.5 Å². The van der Waals surface area contributed by atoms with Gasteiger partial charge in [0, 0.05) is 19.7 Å². The number of ether oxygens (including phenoxy) is 1. The molecule has 3 rings (SSSR count). The van der Waals surface area contributed by atoms with E-state index in [0.717, 1.165) is 10.6 Å². The zero-order chi connectivity index (χ0) is 27.2. The second-order valence-electron chi connectivity index (χ2n) is 8.31. The summed E-state index contributed by atoms with van der Waals surface area (Å²) in [5.74, 6) is -0.325. The maximum atomic E-state index is 13.2. The average molecular weight is 550 g/mol. The number of carbonyl (C=O) groups excluding carboxylic acids is 1. The number of amides is 1. The van der Waals surface area contributed by atoms with Crippen LogP contribution < -0.4 is 14.4 Å². The summed E-state index contributed by atoms with van der Waals surface area (Å²) in [6.45, 7) is 0.367. The van der Waals surface area contributed by atoms with Crippen LogP contribution in [0.3, 0.4) is 0 Å². The van der Waals surface area contributed by atoms with E-state index in [9.17, 15) is 26.0 Å². The zero-order valence-electron chi connectivity index (χ0n) is 20.6. The molecular weight excluding hydrogens is 521 g/mol. The first kappa shape index (κ1) is 28.1. The van der Waals surface area contributed by atoms with Gasteiger partial charge in [0.2, 0.25) is 20.0 Å². The molecule has 1 N–H and O–H groups in total. The zero-order valence-corrected chi connectivity index (χ0v) is 22.2. The summed E-state index contributed by atoms with van der Waals surface area (Å²) >= 11 is 0. The molecule has 3 aromatic rings. The molecule has 0 aliphatic carbocycles. The monoisotopic (exact) mass is 549 g/mol. The minimum Gasteiger partial charge on any atom is -0.492 e. The van der Waals surface area contributed by atoms with Crippen LogP contribution >= 0.6 is 0 Å². The number of carbonyl (C=O) groups is 1. The Bertz CT molecular complexity index is 1430. The minimum atomic E-state index is -3.63. The van der Waals surface area contributed by atoms with Crippen molar-refractivity contribution in [1.82, 2.24) is 9.62 Å². The molecule has 0 radical (unpaired) electrons. The van der Waals surface area contributed by atoms with E-state index >= 15 is 0 Å². The lowest BCUT2D eigenvalue weighted by atomic mass is 10.1. The fraction of sp³-hybridized carbons (Fsp3) is 0.240. The number of sulfonamides is 2. The Hall–Kier alpha value is -3.48. The Morgan fingerprint density at radius 2 is 1.49 bits per heavy atom. The topological polar surface area (TPSA) is 113 Å². The third-order valence-electron chi connectivity index (χ3n) is 5.32. The van der Waals surface area contributed by atoms with Gasteiger partial charge in [0.1, 0.15) is 18.2 Å². The molecule has 12 heteroatoms. The molecule has 0 fully saturated rings. The van der Waals surface area contributed by atoms with E-state index in [0.29, 0.717) is 22.6 Å². The van der Waals surface area contributed by atoms with Gasteiger partial charge in [-0.25, -0.2) is 25.5 Å². The van der Waals surface area contributed by atoms with Crippen molar-refractivity contribution in [3.63, 3.8) is 0 Å². The van der Waals surface area contributed by atoms with Gasteiger partial charge in [0.15, 0.2) is 0 Å². The third kappa shape index (κ3) is 7.51. The molecule has 0 saturated carbocycles. The van der Waals surface area contributed by atoms with Crippen LogP contribution in [0.5, 0.6) is 5.75 Å². The molecule has 0 unspecified atom stereocenters. The lowest BCUT2D eigenvalue weighted by Crippen LogP contribution is -2.30. The molecule has 0 aliphatic rings. The van der Waals surface area contributed by atoms with E-state index in [1.807, 2.05) is 0 Å². The van der Waals surface area contributed by atoms with Crippen molar-refractivity contribution >= 4 is 31.6 Å². The summed E-state index contributed by atoms with van der Waals surface area (Å²) in [4.78, 5) is 12.6. The van der Waals surface area contributed by atoms with Crippen LogP contribution in [0, 0.1) is 5.82 Å². The standard InChI is InChI=1S/C25H28FN3O6S2/c1-28(2)37(33,34)24-14-12-23(13-15-24)35-17-16-27-25(30)20-6-10-22(11-7-20)29(36(3,31)32)18-19-4-8-21(26)9-5-19/h4-15H,16-18H2,1-3H3,(H,27,30). The van der Waals surface area contributed by atoms with Gasteiger partial charge in [-0.1, -0.05) is 12.1 Å². The number of nitrogens with one attached hydrogen (secondary N) is 1. The highest BCUT2D eigenvalue weighted by molar-refractivity contribution is 7.92. The number of benzene rings is 3. The number of nitrogens with zero attached hydrogens (tertiary/aromatic N) is 2. The molecule has 3 aromatic carbocycles. The Morgan fingerprint density at radius 3 is 2.03 bits per heavy atom. The smallest absolute Gasteiger partial charge is 0.251 e. The van der Waals surface area contributed by atoms with Gasteiger partial charge < -0.3 is 10.1 Å². The number of rotatable bonds is 11. The van der Waals surface area contributed by atoms with Gasteiger partial charge in [0.05, 0.1) is 29.9 Å². The van der Waals surface area contributed by atoms with Crippen molar-refractivity contribution in [1.29, 1.82) is 0 Å². The van der Waals surface area contributed by atoms with E-state index < -0.39 is 25.9 Å². The molecule has 0 spiro atoms. The predicted octanol–water partition coefficient (Wildman–Crippen LogP) is 2.85. The van der Waals surface area contributed by atoms with Crippen molar-refractivity contribution in [3.8, 4) is 5.75 Å². The second kappa shape index (κ2) is 11.7. The normalized spacial score (nSPS) is 11.8. The summed E-state index contributed by atoms with van der Waals surface area (Å²) in [5.41, 5.74) is 1.31. The fourth-order valence-corrected chi connectivity index (χ4v) is 5.08. The molecule has 0 atom stereocenters. The molecule has 0 bridgehead atoms. The van der Waals surface area contributed by atoms with Crippen molar-refractivity contribution in [2.75, 3.05) is 37.8 Å². The molecule has 37 heavy (non-hydrogen) atoms. The van der Waals surface area contributed by atoms with E-state index in [4.69, 9.17) is 4.74 Å².